The van der Waals surface area contributed by atoms with Crippen molar-refractivity contribution in [2.75, 3.05) is 43.8 Å². The van der Waals surface area contributed by atoms with E-state index in [4.69, 9.17) is 10.5 Å². The minimum Gasteiger partial charge on any atom is -0.490 e. The second-order valence-corrected chi connectivity index (χ2v) is 5.19. The van der Waals surface area contributed by atoms with Gasteiger partial charge in [-0.1, -0.05) is 6.92 Å². The van der Waals surface area contributed by atoms with Gasteiger partial charge in [0.25, 0.3) is 0 Å². The Hall–Kier alpha value is -1.49. The number of nitrogens with two attached hydrogens (primary N) is 1. The lowest BCUT2D eigenvalue weighted by Gasteiger charge is -2.17. The number of nitrogen functional groups attached to an aromatic ring is 1. The predicted molar refractivity (Wildman–Crippen MR) is 80.8 cm³/mol. The van der Waals surface area contributed by atoms with Gasteiger partial charge in [-0.3, -0.25) is 0 Å². The molecule has 1 fully saturated rings. The molecule has 0 spiro atoms. The molecule has 20 heavy (non-hydrogen) atoms. The van der Waals surface area contributed by atoms with E-state index in [2.05, 4.69) is 10.2 Å². The van der Waals surface area contributed by atoms with Crippen LogP contribution in [0.2, 0.25) is 0 Å². The highest BCUT2D eigenvalue weighted by Crippen LogP contribution is 2.28. The van der Waals surface area contributed by atoms with E-state index >= 15 is 0 Å². The minimum absolute atomic E-state index is 0.268. The number of hydrogen-bond acceptors (Lipinski definition) is 4. The van der Waals surface area contributed by atoms with Crippen LogP contribution in [-0.4, -0.2) is 37.7 Å². The average molecular weight is 281 g/mol. The molecule has 1 aliphatic heterocycles. The largest absolute Gasteiger partial charge is 0.490 e. The molecule has 0 saturated carbocycles. The fraction of sp³-hybridized carbons (Fsp3) is 0.600. The number of ether oxygens (including phenoxy) is 1. The second kappa shape index (κ2) is 7.33. The number of benzene rings is 1. The highest BCUT2D eigenvalue weighted by atomic mass is 19.1. The van der Waals surface area contributed by atoms with E-state index in [1.807, 2.05) is 6.92 Å². The van der Waals surface area contributed by atoms with Crippen LogP contribution in [0, 0.1) is 5.82 Å². The summed E-state index contributed by atoms with van der Waals surface area (Å²) in [4.78, 5) is 2.42. The zero-order valence-electron chi connectivity index (χ0n) is 12.1. The Balaban J connectivity index is 1.91. The van der Waals surface area contributed by atoms with Gasteiger partial charge in [0.05, 0.1) is 18.0 Å². The van der Waals surface area contributed by atoms with Crippen molar-refractivity contribution in [3.8, 4) is 5.75 Å². The molecule has 1 aromatic carbocycles. The Morgan fingerprint density at radius 1 is 1.35 bits per heavy atom. The molecule has 1 aromatic rings. The predicted octanol–water partition coefficient (Wildman–Crippen LogP) is 2.70. The summed E-state index contributed by atoms with van der Waals surface area (Å²) < 4.78 is 19.1. The van der Waals surface area contributed by atoms with Crippen molar-refractivity contribution >= 4 is 11.4 Å². The van der Waals surface area contributed by atoms with Crippen molar-refractivity contribution in [3.63, 3.8) is 0 Å². The first kappa shape index (κ1) is 14.9. The third kappa shape index (κ3) is 4.00. The SMILES string of the molecule is CCCOc1cc(NCCN2CCCC2)c(N)cc1F. The first-order valence-electron chi connectivity index (χ1n) is 7.38. The number of anilines is 2. The molecule has 0 aliphatic carbocycles. The van der Waals surface area contributed by atoms with Gasteiger partial charge in [0.2, 0.25) is 0 Å². The summed E-state index contributed by atoms with van der Waals surface area (Å²) in [6, 6.07) is 2.98. The molecular formula is C15H24FN3O. The van der Waals surface area contributed by atoms with Crippen LogP contribution >= 0.6 is 0 Å². The molecule has 1 saturated heterocycles. The van der Waals surface area contributed by atoms with E-state index in [1.165, 1.54) is 32.0 Å². The lowest BCUT2D eigenvalue weighted by atomic mass is 10.2. The molecule has 3 N–H and O–H groups in total. The lowest BCUT2D eigenvalue weighted by Crippen LogP contribution is -2.26. The van der Waals surface area contributed by atoms with Gasteiger partial charge in [0.1, 0.15) is 0 Å². The van der Waals surface area contributed by atoms with Gasteiger partial charge in [0.15, 0.2) is 11.6 Å². The Bertz CT molecular complexity index is 433. The molecule has 0 unspecified atom stereocenters. The van der Waals surface area contributed by atoms with Crippen molar-refractivity contribution in [1.29, 1.82) is 0 Å². The minimum atomic E-state index is -0.402. The van der Waals surface area contributed by atoms with Gasteiger partial charge in [0, 0.05) is 25.2 Å². The van der Waals surface area contributed by atoms with Crippen molar-refractivity contribution in [2.24, 2.45) is 0 Å². The quantitative estimate of drug-likeness (QED) is 0.755. The average Bonchev–Trinajstić information content (AvgIpc) is 2.93. The summed E-state index contributed by atoms with van der Waals surface area (Å²) in [7, 11) is 0. The van der Waals surface area contributed by atoms with Crippen molar-refractivity contribution < 1.29 is 9.13 Å². The Kier molecular flexibility index (Phi) is 5.47. The third-order valence-corrected chi connectivity index (χ3v) is 3.51. The number of nitrogens with one attached hydrogen (secondary N) is 1. The highest BCUT2D eigenvalue weighted by Gasteiger charge is 2.12. The van der Waals surface area contributed by atoms with E-state index in [0.717, 1.165) is 25.2 Å². The van der Waals surface area contributed by atoms with Gasteiger partial charge in [-0.15, -0.1) is 0 Å². The van der Waals surface area contributed by atoms with Gasteiger partial charge >= 0.3 is 0 Å². The molecule has 5 heteroatoms. The Morgan fingerprint density at radius 3 is 2.80 bits per heavy atom. The first-order chi connectivity index (χ1) is 9.70. The Labute approximate surface area is 120 Å². The second-order valence-electron chi connectivity index (χ2n) is 5.19. The van der Waals surface area contributed by atoms with Gasteiger partial charge in [-0.05, 0) is 32.4 Å². The molecule has 0 bridgehead atoms. The van der Waals surface area contributed by atoms with Gasteiger partial charge in [-0.2, -0.15) is 0 Å². The topological polar surface area (TPSA) is 50.5 Å². The summed E-state index contributed by atoms with van der Waals surface area (Å²) in [6.45, 7) is 6.64. The third-order valence-electron chi connectivity index (χ3n) is 3.51. The molecule has 1 aliphatic rings. The van der Waals surface area contributed by atoms with E-state index < -0.39 is 5.82 Å². The smallest absolute Gasteiger partial charge is 0.167 e. The van der Waals surface area contributed by atoms with Gasteiger partial charge in [-0.25, -0.2) is 4.39 Å². The number of nitrogens with zero attached hydrogens (tertiary/aromatic N) is 1. The number of likely N-dealkylation sites (tertiary alicyclic amines) is 1. The van der Waals surface area contributed by atoms with Crippen LogP contribution in [0.4, 0.5) is 15.8 Å². The first-order valence-corrected chi connectivity index (χ1v) is 7.38. The number of hydrogen-bond donors (Lipinski definition) is 2. The molecule has 2 rings (SSSR count). The molecular weight excluding hydrogens is 257 g/mol. The number of rotatable bonds is 7. The number of halogens is 1. The summed E-state index contributed by atoms with van der Waals surface area (Å²) in [6.07, 6.45) is 3.42. The maximum atomic E-state index is 13.7. The van der Waals surface area contributed by atoms with Crippen molar-refractivity contribution in [1.82, 2.24) is 4.90 Å². The monoisotopic (exact) mass is 281 g/mol. The lowest BCUT2D eigenvalue weighted by molar-refractivity contribution is 0.301. The normalized spacial score (nSPS) is 15.5. The zero-order valence-corrected chi connectivity index (χ0v) is 12.1. The maximum absolute atomic E-state index is 13.7. The van der Waals surface area contributed by atoms with Crippen LogP contribution in [0.1, 0.15) is 26.2 Å². The maximum Gasteiger partial charge on any atom is 0.167 e. The Morgan fingerprint density at radius 2 is 2.10 bits per heavy atom. The fourth-order valence-corrected chi connectivity index (χ4v) is 2.40. The van der Waals surface area contributed by atoms with E-state index in [-0.39, 0.29) is 5.75 Å². The van der Waals surface area contributed by atoms with E-state index in [9.17, 15) is 4.39 Å². The molecule has 112 valence electrons. The summed E-state index contributed by atoms with van der Waals surface area (Å²) in [5.74, 6) is -0.134. The van der Waals surface area contributed by atoms with Crippen LogP contribution in [-0.2, 0) is 0 Å². The van der Waals surface area contributed by atoms with Crippen LogP contribution in [0.3, 0.4) is 0 Å². The van der Waals surface area contributed by atoms with Crippen LogP contribution in [0.15, 0.2) is 12.1 Å². The van der Waals surface area contributed by atoms with E-state index in [0.29, 0.717) is 12.3 Å². The summed E-state index contributed by atoms with van der Waals surface area (Å²) in [5, 5.41) is 3.27. The standard InChI is InChI=1S/C15H24FN3O/c1-2-9-20-15-11-14(13(17)10-12(15)16)18-5-8-19-6-3-4-7-19/h10-11,18H,2-9,17H2,1H3. The van der Waals surface area contributed by atoms with Crippen LogP contribution < -0.4 is 15.8 Å². The molecule has 0 atom stereocenters. The highest BCUT2D eigenvalue weighted by molar-refractivity contribution is 5.68. The fourth-order valence-electron chi connectivity index (χ4n) is 2.40. The van der Waals surface area contributed by atoms with Crippen LogP contribution in [0.25, 0.3) is 0 Å². The van der Waals surface area contributed by atoms with Crippen LogP contribution in [0.5, 0.6) is 5.75 Å². The summed E-state index contributed by atoms with van der Waals surface area (Å²) >= 11 is 0. The molecule has 0 amide bonds. The zero-order chi connectivity index (χ0) is 14.4. The van der Waals surface area contributed by atoms with Crippen molar-refractivity contribution in [2.45, 2.75) is 26.2 Å². The van der Waals surface area contributed by atoms with E-state index in [1.54, 1.807) is 6.07 Å². The molecule has 0 aromatic heterocycles. The molecule has 1 heterocycles. The molecule has 0 radical (unpaired) electrons. The van der Waals surface area contributed by atoms with Gasteiger partial charge < -0.3 is 20.7 Å². The molecule has 4 nitrogen and oxygen atoms in total. The van der Waals surface area contributed by atoms with Crippen molar-refractivity contribution in [3.05, 3.63) is 17.9 Å². The summed E-state index contributed by atoms with van der Waals surface area (Å²) in [5.41, 5.74) is 7.01.